The zero-order valence-electron chi connectivity index (χ0n) is 31.2. The number of unbranched alkanes of at least 4 members (excludes halogenated alkanes) is 1. The number of ether oxygens (including phenoxy) is 6. The van der Waals surface area contributed by atoms with Gasteiger partial charge in [-0.15, -0.1) is 0 Å². The molecule has 0 fully saturated rings. The Morgan fingerprint density at radius 2 is 0.870 bits per heavy atom. The summed E-state index contributed by atoms with van der Waals surface area (Å²) in [7, 11) is 12.0. The van der Waals surface area contributed by atoms with Gasteiger partial charge in [0.2, 0.25) is 11.8 Å². The Kier molecular flexibility index (Phi) is 10.5. The van der Waals surface area contributed by atoms with Gasteiger partial charge >= 0.3 is 11.4 Å². The van der Waals surface area contributed by atoms with Crippen LogP contribution in [0.25, 0.3) is 44.3 Å². The number of pyridine rings is 2. The predicted molar refractivity (Wildman–Crippen MR) is 202 cm³/mol. The molecule has 6 aromatic rings. The maximum absolute atomic E-state index is 13.4. The summed E-state index contributed by atoms with van der Waals surface area (Å²) < 4.78 is 38.6. The number of aryl methyl sites for hydroxylation is 2. The van der Waals surface area contributed by atoms with Gasteiger partial charge in [0.05, 0.1) is 52.4 Å². The maximum atomic E-state index is 13.4. The molecule has 0 bridgehead atoms. The van der Waals surface area contributed by atoms with E-state index in [-0.39, 0.29) is 47.0 Å². The molecule has 0 radical (unpaired) electrons. The quantitative estimate of drug-likeness (QED) is 0.159. The number of methoxy groups -OCH3 is 4. The monoisotopic (exact) mass is 740 g/mol. The number of benzene rings is 2. The van der Waals surface area contributed by atoms with Gasteiger partial charge < -0.3 is 28.4 Å². The molecule has 0 N–H and O–H groups in total. The summed E-state index contributed by atoms with van der Waals surface area (Å²) in [5, 5.41) is 0.497. The summed E-state index contributed by atoms with van der Waals surface area (Å²) in [4.78, 5) is 61.5. The number of hydrogen-bond donors (Lipinski definition) is 0. The molecule has 0 amide bonds. The average molecular weight is 741 g/mol. The minimum Gasteiger partial charge on any atom is -0.493 e. The van der Waals surface area contributed by atoms with Gasteiger partial charge in [0.1, 0.15) is 0 Å². The first-order chi connectivity index (χ1) is 25.9. The first kappa shape index (κ1) is 37.2. The van der Waals surface area contributed by atoms with Crippen LogP contribution in [0.2, 0.25) is 0 Å². The van der Waals surface area contributed by atoms with E-state index in [9.17, 15) is 19.2 Å². The van der Waals surface area contributed by atoms with E-state index in [2.05, 4.69) is 9.97 Å². The van der Waals surface area contributed by atoms with Crippen LogP contribution in [0.15, 0.2) is 67.7 Å². The van der Waals surface area contributed by atoms with E-state index in [0.717, 1.165) is 9.13 Å². The Labute approximate surface area is 308 Å². The molecule has 0 aliphatic heterocycles. The molecule has 282 valence electrons. The van der Waals surface area contributed by atoms with E-state index in [1.807, 2.05) is 0 Å². The Morgan fingerprint density at radius 1 is 0.500 bits per heavy atom. The third-order valence-corrected chi connectivity index (χ3v) is 9.20. The number of nitrogens with zero attached hydrogens (tertiary/aromatic N) is 6. The molecule has 2 aromatic carbocycles. The predicted octanol–water partition coefficient (Wildman–Crippen LogP) is 3.18. The van der Waals surface area contributed by atoms with Gasteiger partial charge in [0, 0.05) is 51.5 Å². The van der Waals surface area contributed by atoms with E-state index in [0.29, 0.717) is 58.1 Å². The van der Waals surface area contributed by atoms with Crippen molar-refractivity contribution in [3.05, 3.63) is 90.2 Å². The molecule has 0 unspecified atom stereocenters. The molecule has 0 saturated heterocycles. The summed E-state index contributed by atoms with van der Waals surface area (Å²) in [6.07, 6.45) is 1.08. The molecule has 0 aliphatic carbocycles. The Hall–Kier alpha value is -6.58. The summed E-state index contributed by atoms with van der Waals surface area (Å²) in [5.41, 5.74) is 0.599. The van der Waals surface area contributed by atoms with Gasteiger partial charge in [-0.25, -0.2) is 9.59 Å². The Morgan fingerprint density at radius 3 is 1.22 bits per heavy atom. The van der Waals surface area contributed by atoms with Gasteiger partial charge in [0.15, 0.2) is 34.3 Å². The van der Waals surface area contributed by atoms with E-state index < -0.39 is 22.5 Å². The van der Waals surface area contributed by atoms with Crippen molar-refractivity contribution in [2.45, 2.75) is 12.8 Å². The fourth-order valence-electron chi connectivity index (χ4n) is 6.23. The van der Waals surface area contributed by atoms with Crippen molar-refractivity contribution in [2.24, 2.45) is 28.2 Å². The topological polar surface area (TPSA) is 169 Å². The second kappa shape index (κ2) is 15.2. The number of aromatic nitrogens is 6. The minimum absolute atomic E-state index is 0.172. The summed E-state index contributed by atoms with van der Waals surface area (Å²) in [6, 6.07) is 13.8. The van der Waals surface area contributed by atoms with Crippen LogP contribution in [-0.4, -0.2) is 69.9 Å². The van der Waals surface area contributed by atoms with Crippen LogP contribution in [0.4, 0.5) is 0 Å². The number of rotatable bonds is 13. The lowest BCUT2D eigenvalue weighted by molar-refractivity contribution is 0.257. The largest absolute Gasteiger partial charge is 0.493 e. The van der Waals surface area contributed by atoms with Crippen molar-refractivity contribution in [1.82, 2.24) is 28.2 Å². The fourth-order valence-corrected chi connectivity index (χ4v) is 6.23. The van der Waals surface area contributed by atoms with E-state index in [1.54, 1.807) is 62.6 Å². The Balaban J connectivity index is 1.25. The molecule has 0 aliphatic rings. The molecular weight excluding hydrogens is 700 g/mol. The molecule has 4 heterocycles. The van der Waals surface area contributed by atoms with E-state index in [4.69, 9.17) is 28.4 Å². The van der Waals surface area contributed by atoms with Crippen molar-refractivity contribution < 1.29 is 28.4 Å². The van der Waals surface area contributed by atoms with Crippen LogP contribution in [0, 0.1) is 0 Å². The lowest BCUT2D eigenvalue weighted by Crippen LogP contribution is -2.37. The van der Waals surface area contributed by atoms with Crippen LogP contribution >= 0.6 is 0 Å². The third kappa shape index (κ3) is 6.61. The standard InChI is InChI=1S/C38H40N6O10/c1-41-33-31(35(45)43(3)37(41)47)23(21-11-13-25(49-5)27(17-21)51-7)19-29(39-33)53-15-9-10-16-54-30-20-24(22-12-14-26(50-6)28(18-22)52-8)32-34(40-30)42(2)38(48)44(4)36(32)46/h11-14,17-20H,9-10,15-16H2,1-8H3. The highest BCUT2D eigenvalue weighted by Crippen LogP contribution is 2.37. The smallest absolute Gasteiger partial charge is 0.332 e. The minimum atomic E-state index is -0.524. The van der Waals surface area contributed by atoms with Gasteiger partial charge in [0.25, 0.3) is 11.1 Å². The molecular formula is C38H40N6O10. The van der Waals surface area contributed by atoms with Gasteiger partial charge in [-0.1, -0.05) is 12.1 Å². The number of hydrogen-bond acceptors (Lipinski definition) is 12. The molecule has 0 atom stereocenters. The summed E-state index contributed by atoms with van der Waals surface area (Å²) in [6.45, 7) is 0.469. The molecule has 54 heavy (non-hydrogen) atoms. The van der Waals surface area contributed by atoms with Crippen LogP contribution in [-0.2, 0) is 28.2 Å². The van der Waals surface area contributed by atoms with E-state index in [1.165, 1.54) is 51.7 Å². The molecule has 6 rings (SSSR count). The van der Waals surface area contributed by atoms with Crippen molar-refractivity contribution in [3.8, 4) is 57.0 Å². The average Bonchev–Trinajstić information content (AvgIpc) is 3.20. The highest BCUT2D eigenvalue weighted by atomic mass is 16.5. The highest BCUT2D eigenvalue weighted by molar-refractivity contribution is 5.94. The van der Waals surface area contributed by atoms with Gasteiger partial charge in [-0.3, -0.25) is 27.9 Å². The SMILES string of the molecule is COc1ccc(-c2cc(OCCCCOc3cc(-c4ccc(OC)c(OC)c4)c4c(=O)n(C)c(=O)n(C)c4n3)nc3c2c(=O)n(C)c(=O)n3C)cc1OC. The van der Waals surface area contributed by atoms with Crippen molar-refractivity contribution in [1.29, 1.82) is 0 Å². The fraction of sp³-hybridized carbons (Fsp3) is 0.316. The van der Waals surface area contributed by atoms with Crippen LogP contribution < -0.4 is 50.9 Å². The van der Waals surface area contributed by atoms with E-state index >= 15 is 0 Å². The summed E-state index contributed by atoms with van der Waals surface area (Å²) in [5.74, 6) is 2.39. The van der Waals surface area contributed by atoms with Crippen LogP contribution in [0.1, 0.15) is 12.8 Å². The molecule has 16 nitrogen and oxygen atoms in total. The third-order valence-electron chi connectivity index (χ3n) is 9.20. The van der Waals surface area contributed by atoms with Crippen molar-refractivity contribution in [2.75, 3.05) is 41.7 Å². The molecule has 4 aromatic heterocycles. The lowest BCUT2D eigenvalue weighted by Gasteiger charge is -2.15. The maximum Gasteiger partial charge on any atom is 0.332 e. The van der Waals surface area contributed by atoms with Gasteiger partial charge in [-0.05, 0) is 48.2 Å². The van der Waals surface area contributed by atoms with Crippen LogP contribution in [0.3, 0.4) is 0 Å². The summed E-state index contributed by atoms with van der Waals surface area (Å²) >= 11 is 0. The first-order valence-electron chi connectivity index (χ1n) is 16.9. The normalized spacial score (nSPS) is 11.2. The number of fused-ring (bicyclic) bond motifs is 2. The zero-order chi connectivity index (χ0) is 38.8. The molecule has 16 heteroatoms. The van der Waals surface area contributed by atoms with Crippen molar-refractivity contribution in [3.63, 3.8) is 0 Å². The molecule has 0 spiro atoms. The second-order valence-corrected chi connectivity index (χ2v) is 12.4. The van der Waals surface area contributed by atoms with Crippen molar-refractivity contribution >= 4 is 22.1 Å². The van der Waals surface area contributed by atoms with Gasteiger partial charge in [-0.2, -0.15) is 9.97 Å². The zero-order valence-corrected chi connectivity index (χ0v) is 31.2. The second-order valence-electron chi connectivity index (χ2n) is 12.4. The lowest BCUT2D eigenvalue weighted by atomic mass is 10.0. The highest BCUT2D eigenvalue weighted by Gasteiger charge is 2.21. The first-order valence-corrected chi connectivity index (χ1v) is 16.9. The molecule has 0 saturated carbocycles. The van der Waals surface area contributed by atoms with Crippen LogP contribution in [0.5, 0.6) is 34.8 Å². The Bertz CT molecular complexity index is 2480.